The van der Waals surface area contributed by atoms with Crippen LogP contribution in [0, 0.1) is 20.8 Å². The molecule has 4 aromatic rings. The van der Waals surface area contributed by atoms with Crippen molar-refractivity contribution >= 4 is 27.5 Å². The predicted molar refractivity (Wildman–Crippen MR) is 136 cm³/mol. The number of fused-ring (bicyclic) bond motifs is 3. The lowest BCUT2D eigenvalue weighted by Gasteiger charge is -2.25. The molecule has 0 radical (unpaired) electrons. The molecule has 6 nitrogen and oxygen atoms in total. The molecule has 0 saturated carbocycles. The van der Waals surface area contributed by atoms with E-state index in [0.29, 0.717) is 42.0 Å². The number of aromatic nitrogens is 2. The Balaban J connectivity index is 1.81. The molecule has 174 valence electrons. The van der Waals surface area contributed by atoms with E-state index in [0.717, 1.165) is 32.7 Å². The van der Waals surface area contributed by atoms with Crippen molar-refractivity contribution in [3.63, 3.8) is 0 Å². The molecule has 0 aliphatic carbocycles. The number of benzene rings is 2. The van der Waals surface area contributed by atoms with Crippen molar-refractivity contribution in [1.82, 2.24) is 14.0 Å². The highest BCUT2D eigenvalue weighted by Gasteiger charge is 2.27. The van der Waals surface area contributed by atoms with Gasteiger partial charge in [0.05, 0.1) is 24.2 Å². The van der Waals surface area contributed by atoms with Gasteiger partial charge in [0, 0.05) is 18.3 Å². The summed E-state index contributed by atoms with van der Waals surface area (Å²) in [4.78, 5) is 43.1. The molecule has 0 fully saturated rings. The van der Waals surface area contributed by atoms with Crippen LogP contribution < -0.4 is 11.2 Å². The van der Waals surface area contributed by atoms with Gasteiger partial charge in [-0.3, -0.25) is 14.2 Å². The Bertz CT molecular complexity index is 1560. The molecule has 1 amide bonds. The van der Waals surface area contributed by atoms with Crippen LogP contribution >= 0.6 is 11.3 Å². The van der Waals surface area contributed by atoms with E-state index in [2.05, 4.69) is 18.2 Å². The van der Waals surface area contributed by atoms with Gasteiger partial charge in [0.25, 0.3) is 5.56 Å². The summed E-state index contributed by atoms with van der Waals surface area (Å²) in [5, 5.41) is 0.605. The van der Waals surface area contributed by atoms with E-state index in [1.807, 2.05) is 45.0 Å². The fourth-order valence-electron chi connectivity index (χ4n) is 4.68. The van der Waals surface area contributed by atoms with Crippen molar-refractivity contribution in [1.29, 1.82) is 0 Å². The largest absolute Gasteiger partial charge is 0.337 e. The number of carbonyl (C=O) groups is 1. The maximum absolute atomic E-state index is 13.8. The van der Waals surface area contributed by atoms with E-state index in [-0.39, 0.29) is 17.2 Å². The maximum atomic E-state index is 13.8. The molecular weight excluding hydrogens is 446 g/mol. The summed E-state index contributed by atoms with van der Waals surface area (Å²) in [5.74, 6) is 0.0212. The highest BCUT2D eigenvalue weighted by atomic mass is 32.1. The van der Waals surface area contributed by atoms with Crippen molar-refractivity contribution in [2.75, 3.05) is 6.54 Å². The Hall–Kier alpha value is -3.45. The van der Waals surface area contributed by atoms with Gasteiger partial charge < -0.3 is 4.90 Å². The van der Waals surface area contributed by atoms with Gasteiger partial charge in [-0.25, -0.2) is 9.36 Å². The van der Waals surface area contributed by atoms with E-state index in [1.54, 1.807) is 16.4 Å². The summed E-state index contributed by atoms with van der Waals surface area (Å²) in [5.41, 5.74) is 5.25. The van der Waals surface area contributed by atoms with Crippen LogP contribution in [0.25, 0.3) is 15.9 Å². The molecule has 0 atom stereocenters. The van der Waals surface area contributed by atoms with Gasteiger partial charge in [0.15, 0.2) is 0 Å². The number of hydrogen-bond acceptors (Lipinski definition) is 4. The first-order valence-corrected chi connectivity index (χ1v) is 12.2. The van der Waals surface area contributed by atoms with Gasteiger partial charge >= 0.3 is 5.69 Å². The lowest BCUT2D eigenvalue weighted by molar-refractivity contribution is -0.129. The highest BCUT2D eigenvalue weighted by molar-refractivity contribution is 7.18. The van der Waals surface area contributed by atoms with Crippen molar-refractivity contribution in [3.8, 4) is 5.69 Å². The minimum absolute atomic E-state index is 0.0212. The zero-order valence-electron chi connectivity index (χ0n) is 19.8. The van der Waals surface area contributed by atoms with Crippen LogP contribution in [-0.4, -0.2) is 26.5 Å². The first kappa shape index (κ1) is 22.3. The minimum atomic E-state index is -0.343. The summed E-state index contributed by atoms with van der Waals surface area (Å²) >= 11 is 1.47. The zero-order valence-corrected chi connectivity index (χ0v) is 20.7. The summed E-state index contributed by atoms with van der Waals surface area (Å²) in [6, 6.07) is 13.7. The Morgan fingerprint density at radius 3 is 2.41 bits per heavy atom. The fraction of sp³-hybridized carbons (Fsp3) is 0.296. The SMILES string of the molecule is CC(=O)N1CCc2c(sc3c2c(=O)n(-c2ccc(C)cc2)c(=O)n3Cc2cc(C)ccc2C)C1. The monoisotopic (exact) mass is 473 g/mol. The second-order valence-corrected chi connectivity index (χ2v) is 10.2. The second kappa shape index (κ2) is 8.40. The molecule has 1 aliphatic heterocycles. The van der Waals surface area contributed by atoms with Gasteiger partial charge in [-0.2, -0.15) is 0 Å². The predicted octanol–water partition coefficient (Wildman–Crippen LogP) is 4.09. The van der Waals surface area contributed by atoms with Crippen molar-refractivity contribution in [2.45, 2.75) is 47.2 Å². The third-order valence-electron chi connectivity index (χ3n) is 6.69. The fourth-order valence-corrected chi connectivity index (χ4v) is 6.02. The number of carbonyl (C=O) groups excluding carboxylic acids is 1. The Labute approximate surface area is 201 Å². The average molecular weight is 474 g/mol. The summed E-state index contributed by atoms with van der Waals surface area (Å²) in [7, 11) is 0. The van der Waals surface area contributed by atoms with E-state index in [4.69, 9.17) is 0 Å². The van der Waals surface area contributed by atoms with Crippen molar-refractivity contribution in [3.05, 3.63) is 96.0 Å². The van der Waals surface area contributed by atoms with E-state index >= 15 is 0 Å². The molecule has 0 unspecified atom stereocenters. The molecule has 0 bridgehead atoms. The molecule has 1 aliphatic rings. The standard InChI is InChI=1S/C27H27N3O3S/c1-16-6-9-21(10-7-16)30-25(32)24-22-11-12-28(19(4)31)15-23(22)34-26(24)29(27(30)33)14-20-13-17(2)5-8-18(20)3/h5-10,13H,11-12,14-15H2,1-4H3. The minimum Gasteiger partial charge on any atom is -0.337 e. The van der Waals surface area contributed by atoms with Gasteiger partial charge in [-0.15, -0.1) is 11.3 Å². The number of thiophene rings is 1. The molecule has 0 N–H and O–H groups in total. The lowest BCUT2D eigenvalue weighted by atomic mass is 10.0. The van der Waals surface area contributed by atoms with Crippen LogP contribution in [0.2, 0.25) is 0 Å². The molecule has 7 heteroatoms. The number of amides is 1. The first-order valence-electron chi connectivity index (χ1n) is 11.4. The van der Waals surface area contributed by atoms with Crippen LogP contribution in [0.15, 0.2) is 52.1 Å². The first-order chi connectivity index (χ1) is 16.2. The topological polar surface area (TPSA) is 64.3 Å². The van der Waals surface area contributed by atoms with Crippen LogP contribution in [0.5, 0.6) is 0 Å². The molecule has 34 heavy (non-hydrogen) atoms. The van der Waals surface area contributed by atoms with Crippen LogP contribution in [0.4, 0.5) is 0 Å². The molecule has 3 heterocycles. The van der Waals surface area contributed by atoms with Crippen molar-refractivity contribution < 1.29 is 4.79 Å². The molecule has 5 rings (SSSR count). The normalized spacial score (nSPS) is 13.4. The average Bonchev–Trinajstić information content (AvgIpc) is 3.19. The van der Waals surface area contributed by atoms with Gasteiger partial charge in [0.1, 0.15) is 4.83 Å². The summed E-state index contributed by atoms with van der Waals surface area (Å²) in [6.07, 6.45) is 0.611. The van der Waals surface area contributed by atoms with Gasteiger partial charge in [0.2, 0.25) is 5.91 Å². The third kappa shape index (κ3) is 3.70. The summed E-state index contributed by atoms with van der Waals surface area (Å²) < 4.78 is 3.04. The molecular formula is C27H27N3O3S. The zero-order chi connectivity index (χ0) is 24.1. The highest BCUT2D eigenvalue weighted by Crippen LogP contribution is 2.33. The number of hydrogen-bond donors (Lipinski definition) is 0. The number of nitrogens with zero attached hydrogens (tertiary/aromatic N) is 3. The van der Waals surface area contributed by atoms with Gasteiger partial charge in [-0.05, 0) is 56.0 Å². The van der Waals surface area contributed by atoms with E-state index < -0.39 is 0 Å². The quantitative estimate of drug-likeness (QED) is 0.450. The Morgan fingerprint density at radius 1 is 1.00 bits per heavy atom. The third-order valence-corrected chi connectivity index (χ3v) is 7.93. The lowest BCUT2D eigenvalue weighted by Crippen LogP contribution is -2.39. The van der Waals surface area contributed by atoms with Crippen LogP contribution in [0.3, 0.4) is 0 Å². The van der Waals surface area contributed by atoms with E-state index in [1.165, 1.54) is 15.9 Å². The Morgan fingerprint density at radius 2 is 1.71 bits per heavy atom. The molecule has 0 spiro atoms. The smallest absolute Gasteiger partial charge is 0.337 e. The Kier molecular flexibility index (Phi) is 5.52. The van der Waals surface area contributed by atoms with Gasteiger partial charge in [-0.1, -0.05) is 41.5 Å². The van der Waals surface area contributed by atoms with E-state index in [9.17, 15) is 14.4 Å². The summed E-state index contributed by atoms with van der Waals surface area (Å²) in [6.45, 7) is 9.06. The molecule has 0 saturated heterocycles. The molecule has 2 aromatic carbocycles. The van der Waals surface area contributed by atoms with Crippen molar-refractivity contribution in [2.24, 2.45) is 0 Å². The number of rotatable bonds is 3. The van der Waals surface area contributed by atoms with Crippen LogP contribution in [0.1, 0.15) is 39.6 Å². The molecule has 2 aromatic heterocycles. The maximum Gasteiger partial charge on any atom is 0.337 e. The van der Waals surface area contributed by atoms with Crippen LogP contribution in [-0.2, 0) is 24.3 Å². The number of aryl methyl sites for hydroxylation is 3. The second-order valence-electron chi connectivity index (χ2n) is 9.15.